The van der Waals surface area contributed by atoms with Crippen molar-refractivity contribution in [1.82, 2.24) is 10.2 Å². The van der Waals surface area contributed by atoms with Gasteiger partial charge in [0.1, 0.15) is 0 Å². The summed E-state index contributed by atoms with van der Waals surface area (Å²) in [7, 11) is 0. The van der Waals surface area contributed by atoms with E-state index in [2.05, 4.69) is 48.3 Å². The van der Waals surface area contributed by atoms with E-state index in [0.717, 1.165) is 12.0 Å². The molecular weight excluding hydrogens is 244 g/mol. The largest absolute Gasteiger partial charge is 0.314 e. The van der Waals surface area contributed by atoms with E-state index in [4.69, 9.17) is 0 Å². The summed E-state index contributed by atoms with van der Waals surface area (Å²) in [5.74, 6) is 0.874. The molecule has 0 radical (unpaired) electrons. The van der Waals surface area contributed by atoms with Crippen LogP contribution in [0, 0.1) is 5.92 Å². The van der Waals surface area contributed by atoms with Crippen molar-refractivity contribution in [2.75, 3.05) is 19.6 Å². The van der Waals surface area contributed by atoms with Crippen LogP contribution in [0.15, 0.2) is 24.3 Å². The van der Waals surface area contributed by atoms with Crippen LogP contribution in [0.4, 0.5) is 0 Å². The van der Waals surface area contributed by atoms with Crippen LogP contribution in [0.3, 0.4) is 0 Å². The van der Waals surface area contributed by atoms with Crippen LogP contribution in [0.1, 0.15) is 37.8 Å². The molecule has 1 heterocycles. The second-order valence-electron chi connectivity index (χ2n) is 6.77. The quantitative estimate of drug-likeness (QED) is 0.906. The molecule has 1 aliphatic heterocycles. The van der Waals surface area contributed by atoms with Crippen molar-refractivity contribution in [2.24, 2.45) is 5.92 Å². The van der Waals surface area contributed by atoms with Gasteiger partial charge in [0.05, 0.1) is 0 Å². The van der Waals surface area contributed by atoms with Crippen molar-refractivity contribution in [3.05, 3.63) is 35.4 Å². The number of nitrogens with one attached hydrogen (secondary N) is 1. The molecule has 1 aliphatic carbocycles. The lowest BCUT2D eigenvalue weighted by Gasteiger charge is -2.44. The van der Waals surface area contributed by atoms with Gasteiger partial charge in [-0.25, -0.2) is 0 Å². The lowest BCUT2D eigenvalue weighted by Crippen LogP contribution is -2.51. The van der Waals surface area contributed by atoms with Crippen LogP contribution in [-0.2, 0) is 12.8 Å². The van der Waals surface area contributed by atoms with Gasteiger partial charge in [-0.15, -0.1) is 0 Å². The SMILES string of the molecule is CC(C)NCC1CCC1N1CCc2ccccc2CC1. The molecule has 0 saturated heterocycles. The van der Waals surface area contributed by atoms with Crippen molar-refractivity contribution < 1.29 is 0 Å². The highest BCUT2D eigenvalue weighted by molar-refractivity contribution is 5.28. The Labute approximate surface area is 123 Å². The number of nitrogens with zero attached hydrogens (tertiary/aromatic N) is 1. The highest BCUT2D eigenvalue weighted by Gasteiger charge is 2.35. The normalized spacial score (nSPS) is 26.9. The molecule has 1 saturated carbocycles. The van der Waals surface area contributed by atoms with E-state index in [-0.39, 0.29) is 0 Å². The molecule has 2 aliphatic rings. The van der Waals surface area contributed by atoms with E-state index in [1.54, 1.807) is 11.1 Å². The maximum absolute atomic E-state index is 3.62. The molecule has 1 aromatic carbocycles. The summed E-state index contributed by atoms with van der Waals surface area (Å²) < 4.78 is 0. The summed E-state index contributed by atoms with van der Waals surface area (Å²) in [5.41, 5.74) is 3.15. The molecule has 2 atom stereocenters. The Balaban J connectivity index is 1.57. The molecular formula is C18H28N2. The van der Waals surface area contributed by atoms with Crippen LogP contribution >= 0.6 is 0 Å². The predicted molar refractivity (Wildman–Crippen MR) is 85.1 cm³/mol. The molecule has 3 rings (SSSR count). The third kappa shape index (κ3) is 3.07. The molecule has 20 heavy (non-hydrogen) atoms. The fourth-order valence-corrected chi connectivity index (χ4v) is 3.67. The van der Waals surface area contributed by atoms with Gasteiger partial charge in [-0.05, 0) is 49.3 Å². The van der Waals surface area contributed by atoms with Crippen LogP contribution in [0.5, 0.6) is 0 Å². The van der Waals surface area contributed by atoms with Crippen molar-refractivity contribution in [1.29, 1.82) is 0 Å². The minimum Gasteiger partial charge on any atom is -0.314 e. The summed E-state index contributed by atoms with van der Waals surface area (Å²) in [6, 6.07) is 10.5. The molecule has 110 valence electrons. The van der Waals surface area contributed by atoms with E-state index < -0.39 is 0 Å². The first-order valence-corrected chi connectivity index (χ1v) is 8.28. The second-order valence-corrected chi connectivity index (χ2v) is 6.77. The van der Waals surface area contributed by atoms with Crippen LogP contribution in [-0.4, -0.2) is 36.6 Å². The fraction of sp³-hybridized carbons (Fsp3) is 0.667. The second kappa shape index (κ2) is 6.28. The summed E-state index contributed by atoms with van der Waals surface area (Å²) >= 11 is 0. The van der Waals surface area contributed by atoms with Gasteiger partial charge in [-0.2, -0.15) is 0 Å². The van der Waals surface area contributed by atoms with Gasteiger partial charge >= 0.3 is 0 Å². The Bertz CT molecular complexity index is 414. The minimum atomic E-state index is 0.615. The smallest absolute Gasteiger partial charge is 0.0136 e. The topological polar surface area (TPSA) is 15.3 Å². The highest BCUT2D eigenvalue weighted by Crippen LogP contribution is 2.33. The molecule has 2 heteroatoms. The van der Waals surface area contributed by atoms with Gasteiger partial charge < -0.3 is 5.32 Å². The first-order valence-electron chi connectivity index (χ1n) is 8.28. The van der Waals surface area contributed by atoms with Gasteiger partial charge in [0, 0.05) is 25.2 Å². The predicted octanol–water partition coefficient (Wildman–Crippen LogP) is 2.86. The van der Waals surface area contributed by atoms with Crippen molar-refractivity contribution in [3.8, 4) is 0 Å². The first-order chi connectivity index (χ1) is 9.74. The van der Waals surface area contributed by atoms with E-state index >= 15 is 0 Å². The molecule has 2 unspecified atom stereocenters. The van der Waals surface area contributed by atoms with Crippen LogP contribution < -0.4 is 5.32 Å². The lowest BCUT2D eigenvalue weighted by molar-refractivity contribution is 0.0642. The highest BCUT2D eigenvalue weighted by atomic mass is 15.2. The molecule has 0 aromatic heterocycles. The Morgan fingerprint density at radius 1 is 1.10 bits per heavy atom. The zero-order valence-corrected chi connectivity index (χ0v) is 12.9. The minimum absolute atomic E-state index is 0.615. The maximum Gasteiger partial charge on any atom is 0.0136 e. The standard InChI is InChI=1S/C18H28N2/c1-14(2)19-13-17-7-8-18(17)20-11-9-15-5-3-4-6-16(15)10-12-20/h3-6,14,17-19H,7-13H2,1-2H3. The van der Waals surface area contributed by atoms with Gasteiger partial charge in [0.25, 0.3) is 0 Å². The summed E-state index contributed by atoms with van der Waals surface area (Å²) in [5, 5.41) is 3.62. The van der Waals surface area contributed by atoms with Crippen molar-refractivity contribution >= 4 is 0 Å². The van der Waals surface area contributed by atoms with Crippen LogP contribution in [0.2, 0.25) is 0 Å². The van der Waals surface area contributed by atoms with Crippen molar-refractivity contribution in [3.63, 3.8) is 0 Å². The molecule has 1 aromatic rings. The van der Waals surface area contributed by atoms with E-state index in [9.17, 15) is 0 Å². The number of hydrogen-bond donors (Lipinski definition) is 1. The van der Waals surface area contributed by atoms with E-state index in [1.165, 1.54) is 45.3 Å². The Morgan fingerprint density at radius 2 is 1.75 bits per heavy atom. The monoisotopic (exact) mass is 272 g/mol. The Hall–Kier alpha value is -0.860. The average Bonchev–Trinajstić information content (AvgIpc) is 2.61. The molecule has 0 bridgehead atoms. The van der Waals surface area contributed by atoms with Gasteiger partial charge in [0.2, 0.25) is 0 Å². The average molecular weight is 272 g/mol. The van der Waals surface area contributed by atoms with E-state index in [0.29, 0.717) is 6.04 Å². The Morgan fingerprint density at radius 3 is 2.25 bits per heavy atom. The number of rotatable bonds is 4. The molecule has 0 amide bonds. The number of hydrogen-bond acceptors (Lipinski definition) is 2. The van der Waals surface area contributed by atoms with Gasteiger partial charge in [-0.3, -0.25) is 4.90 Å². The molecule has 0 spiro atoms. The van der Waals surface area contributed by atoms with Gasteiger partial charge in [0.15, 0.2) is 0 Å². The maximum atomic E-state index is 3.62. The van der Waals surface area contributed by atoms with Crippen LogP contribution in [0.25, 0.3) is 0 Å². The lowest BCUT2D eigenvalue weighted by atomic mass is 9.78. The van der Waals surface area contributed by atoms with Crippen molar-refractivity contribution in [2.45, 2.75) is 51.6 Å². The van der Waals surface area contributed by atoms with Gasteiger partial charge in [-0.1, -0.05) is 38.1 Å². The number of fused-ring (bicyclic) bond motifs is 1. The third-order valence-electron chi connectivity index (χ3n) is 5.09. The summed E-state index contributed by atoms with van der Waals surface area (Å²) in [6.45, 7) is 8.19. The van der Waals surface area contributed by atoms with E-state index in [1.807, 2.05) is 0 Å². The molecule has 1 N–H and O–H groups in total. The summed E-state index contributed by atoms with van der Waals surface area (Å²) in [4.78, 5) is 2.76. The number of benzene rings is 1. The fourth-order valence-electron chi connectivity index (χ4n) is 3.67. The molecule has 1 fully saturated rings. The zero-order valence-electron chi connectivity index (χ0n) is 12.9. The Kier molecular flexibility index (Phi) is 4.42. The zero-order chi connectivity index (χ0) is 13.9. The summed E-state index contributed by atoms with van der Waals surface area (Å²) in [6.07, 6.45) is 5.28. The molecule has 2 nitrogen and oxygen atoms in total. The third-order valence-corrected chi connectivity index (χ3v) is 5.09. The first kappa shape index (κ1) is 14.1.